The number of benzene rings is 1. The lowest BCUT2D eigenvalue weighted by molar-refractivity contribution is -0.134. The van der Waals surface area contributed by atoms with Gasteiger partial charge in [0.2, 0.25) is 0 Å². The fourth-order valence-electron chi connectivity index (χ4n) is 1.40. The minimum atomic E-state index is -0.269. The van der Waals surface area contributed by atoms with E-state index in [0.29, 0.717) is 6.61 Å². The summed E-state index contributed by atoms with van der Waals surface area (Å²) >= 11 is 0. The SMILES string of the molecule is COc1ccc(/C=C/C2=CC(=O)OC2)cc1. The molecule has 0 aromatic heterocycles. The second kappa shape index (κ2) is 4.66. The molecule has 0 N–H and O–H groups in total. The standard InChI is InChI=1S/C13H12O3/c1-15-12-6-4-10(5-7-12)2-3-11-8-13(14)16-9-11/h2-8H,9H2,1H3/b3-2+. The summed E-state index contributed by atoms with van der Waals surface area (Å²) in [4.78, 5) is 10.8. The van der Waals surface area contributed by atoms with Crippen LogP contribution < -0.4 is 4.74 Å². The fraction of sp³-hybridized carbons (Fsp3) is 0.154. The van der Waals surface area contributed by atoms with Gasteiger partial charge in [-0.2, -0.15) is 0 Å². The van der Waals surface area contributed by atoms with Crippen molar-refractivity contribution in [3.8, 4) is 5.75 Å². The molecule has 1 heterocycles. The summed E-state index contributed by atoms with van der Waals surface area (Å²) in [6.07, 6.45) is 5.32. The van der Waals surface area contributed by atoms with E-state index in [4.69, 9.17) is 9.47 Å². The molecule has 82 valence electrons. The van der Waals surface area contributed by atoms with Gasteiger partial charge in [-0.3, -0.25) is 0 Å². The molecule has 0 saturated carbocycles. The maximum Gasteiger partial charge on any atom is 0.331 e. The smallest absolute Gasteiger partial charge is 0.331 e. The van der Waals surface area contributed by atoms with Crippen LogP contribution in [0.15, 0.2) is 42.0 Å². The Kier molecular flexibility index (Phi) is 3.05. The Morgan fingerprint density at radius 3 is 2.56 bits per heavy atom. The van der Waals surface area contributed by atoms with Crippen molar-refractivity contribution >= 4 is 12.0 Å². The Balaban J connectivity index is 2.06. The summed E-state index contributed by atoms with van der Waals surface area (Å²) in [5.41, 5.74) is 1.95. The topological polar surface area (TPSA) is 35.5 Å². The molecule has 1 aromatic carbocycles. The van der Waals surface area contributed by atoms with E-state index in [-0.39, 0.29) is 5.97 Å². The van der Waals surface area contributed by atoms with Crippen molar-refractivity contribution in [3.05, 3.63) is 47.6 Å². The average Bonchev–Trinajstić information content (AvgIpc) is 2.73. The molecule has 3 nitrogen and oxygen atoms in total. The zero-order valence-electron chi connectivity index (χ0n) is 8.97. The highest BCUT2D eigenvalue weighted by Gasteiger charge is 2.09. The van der Waals surface area contributed by atoms with Crippen LogP contribution in [-0.4, -0.2) is 19.7 Å². The Hall–Kier alpha value is -2.03. The van der Waals surface area contributed by atoms with Gasteiger partial charge < -0.3 is 9.47 Å². The first-order chi connectivity index (χ1) is 7.78. The Labute approximate surface area is 94.0 Å². The van der Waals surface area contributed by atoms with E-state index in [9.17, 15) is 4.79 Å². The summed E-state index contributed by atoms with van der Waals surface area (Å²) in [6.45, 7) is 0.367. The quantitative estimate of drug-likeness (QED) is 0.726. The fourth-order valence-corrected chi connectivity index (χ4v) is 1.40. The predicted octanol–water partition coefficient (Wildman–Crippen LogP) is 2.19. The number of hydrogen-bond donors (Lipinski definition) is 0. The van der Waals surface area contributed by atoms with Crippen LogP contribution >= 0.6 is 0 Å². The van der Waals surface area contributed by atoms with E-state index in [1.54, 1.807) is 7.11 Å². The van der Waals surface area contributed by atoms with Gasteiger partial charge in [-0.15, -0.1) is 0 Å². The average molecular weight is 216 g/mol. The van der Waals surface area contributed by atoms with Crippen LogP contribution in [0.2, 0.25) is 0 Å². The summed E-state index contributed by atoms with van der Waals surface area (Å²) in [5.74, 6) is 0.560. The maximum absolute atomic E-state index is 10.8. The molecule has 0 bridgehead atoms. The lowest BCUT2D eigenvalue weighted by atomic mass is 10.1. The summed E-state index contributed by atoms with van der Waals surface area (Å²) in [5, 5.41) is 0. The van der Waals surface area contributed by atoms with Gasteiger partial charge in [-0.05, 0) is 23.3 Å². The van der Waals surface area contributed by atoms with Crippen LogP contribution in [0.25, 0.3) is 6.08 Å². The first kappa shape index (κ1) is 10.5. The first-order valence-electron chi connectivity index (χ1n) is 4.97. The van der Waals surface area contributed by atoms with Gasteiger partial charge in [0.15, 0.2) is 0 Å². The monoisotopic (exact) mass is 216 g/mol. The second-order valence-electron chi connectivity index (χ2n) is 3.43. The van der Waals surface area contributed by atoms with E-state index >= 15 is 0 Å². The van der Waals surface area contributed by atoms with Crippen molar-refractivity contribution in [2.75, 3.05) is 13.7 Å². The molecule has 1 aliphatic rings. The summed E-state index contributed by atoms with van der Waals surface area (Å²) < 4.78 is 9.85. The van der Waals surface area contributed by atoms with Crippen molar-refractivity contribution in [2.45, 2.75) is 0 Å². The van der Waals surface area contributed by atoms with Gasteiger partial charge in [0.05, 0.1) is 7.11 Å². The zero-order valence-corrected chi connectivity index (χ0v) is 8.97. The highest BCUT2D eigenvalue weighted by molar-refractivity contribution is 5.86. The molecule has 0 spiro atoms. The maximum atomic E-state index is 10.8. The molecular weight excluding hydrogens is 204 g/mol. The van der Waals surface area contributed by atoms with E-state index in [0.717, 1.165) is 16.9 Å². The van der Waals surface area contributed by atoms with E-state index in [1.807, 2.05) is 36.4 Å². The van der Waals surface area contributed by atoms with Gasteiger partial charge in [0, 0.05) is 6.08 Å². The first-order valence-corrected chi connectivity index (χ1v) is 4.97. The van der Waals surface area contributed by atoms with Gasteiger partial charge in [0.25, 0.3) is 0 Å². The lowest BCUT2D eigenvalue weighted by Crippen LogP contribution is -1.90. The largest absolute Gasteiger partial charge is 0.497 e. The number of rotatable bonds is 3. The van der Waals surface area contributed by atoms with Crippen molar-refractivity contribution in [2.24, 2.45) is 0 Å². The van der Waals surface area contributed by atoms with Gasteiger partial charge in [-0.25, -0.2) is 4.79 Å². The number of cyclic esters (lactones) is 1. The second-order valence-corrected chi connectivity index (χ2v) is 3.43. The van der Waals surface area contributed by atoms with Gasteiger partial charge in [-0.1, -0.05) is 24.3 Å². The molecule has 2 rings (SSSR count). The summed E-state index contributed by atoms with van der Waals surface area (Å²) in [6, 6.07) is 7.69. The van der Waals surface area contributed by atoms with Crippen molar-refractivity contribution in [1.82, 2.24) is 0 Å². The van der Waals surface area contributed by atoms with Gasteiger partial charge in [0.1, 0.15) is 12.4 Å². The van der Waals surface area contributed by atoms with Crippen LogP contribution in [0.1, 0.15) is 5.56 Å². The normalized spacial score (nSPS) is 15.1. The number of hydrogen-bond acceptors (Lipinski definition) is 3. The molecule has 0 saturated heterocycles. The van der Waals surface area contributed by atoms with E-state index in [1.165, 1.54) is 6.08 Å². The van der Waals surface area contributed by atoms with Crippen LogP contribution in [-0.2, 0) is 9.53 Å². The molecule has 0 radical (unpaired) electrons. The highest BCUT2D eigenvalue weighted by Crippen LogP contribution is 2.14. The number of carbonyl (C=O) groups is 1. The van der Waals surface area contributed by atoms with E-state index in [2.05, 4.69) is 0 Å². The minimum absolute atomic E-state index is 0.269. The Morgan fingerprint density at radius 2 is 2.00 bits per heavy atom. The van der Waals surface area contributed by atoms with E-state index < -0.39 is 0 Å². The molecular formula is C13H12O3. The van der Waals surface area contributed by atoms with Gasteiger partial charge >= 0.3 is 5.97 Å². The molecule has 0 atom stereocenters. The predicted molar refractivity (Wildman–Crippen MR) is 61.1 cm³/mol. The minimum Gasteiger partial charge on any atom is -0.497 e. The van der Waals surface area contributed by atoms with Crippen LogP contribution in [0.5, 0.6) is 5.75 Å². The molecule has 0 amide bonds. The van der Waals surface area contributed by atoms with Crippen molar-refractivity contribution < 1.29 is 14.3 Å². The third-order valence-corrected chi connectivity index (χ3v) is 2.29. The molecule has 16 heavy (non-hydrogen) atoms. The Bertz CT molecular complexity index is 441. The van der Waals surface area contributed by atoms with Crippen molar-refractivity contribution in [3.63, 3.8) is 0 Å². The highest BCUT2D eigenvalue weighted by atomic mass is 16.5. The molecule has 3 heteroatoms. The molecule has 0 aliphatic carbocycles. The third kappa shape index (κ3) is 2.51. The molecule has 0 fully saturated rings. The van der Waals surface area contributed by atoms with Crippen molar-refractivity contribution in [1.29, 1.82) is 0 Å². The number of methoxy groups -OCH3 is 1. The molecule has 1 aromatic rings. The Morgan fingerprint density at radius 1 is 1.25 bits per heavy atom. The molecule has 0 unspecified atom stereocenters. The number of carbonyl (C=O) groups excluding carboxylic acids is 1. The third-order valence-electron chi connectivity index (χ3n) is 2.29. The molecule has 1 aliphatic heterocycles. The lowest BCUT2D eigenvalue weighted by Gasteiger charge is -1.99. The van der Waals surface area contributed by atoms with Crippen LogP contribution in [0, 0.1) is 0 Å². The van der Waals surface area contributed by atoms with Crippen LogP contribution in [0.4, 0.5) is 0 Å². The summed E-state index contributed by atoms with van der Waals surface area (Å²) in [7, 11) is 1.64. The zero-order chi connectivity index (χ0) is 11.4. The number of esters is 1. The van der Waals surface area contributed by atoms with Crippen LogP contribution in [0.3, 0.4) is 0 Å². The number of ether oxygens (including phenoxy) is 2.